The highest BCUT2D eigenvalue weighted by Gasteiger charge is 2.13. The molecule has 2 atom stereocenters. The van der Waals surface area contributed by atoms with E-state index in [1.54, 1.807) is 0 Å². The highest BCUT2D eigenvalue weighted by molar-refractivity contribution is 7.85. The lowest BCUT2D eigenvalue weighted by Gasteiger charge is -2.18. The monoisotopic (exact) mass is 410 g/mol. The molecule has 4 heteroatoms. The van der Waals surface area contributed by atoms with Crippen LogP contribution in [0, 0.1) is 5.92 Å². The zero-order chi connectivity index (χ0) is 20.8. The van der Waals surface area contributed by atoms with E-state index in [9.17, 15) is 8.42 Å². The fraction of sp³-hybridized carbons (Fsp3) is 0.750. The summed E-state index contributed by atoms with van der Waals surface area (Å²) < 4.78 is 31.4. The van der Waals surface area contributed by atoms with Crippen LogP contribution < -0.4 is 0 Å². The molecule has 0 spiro atoms. The largest absolute Gasteiger partial charge is 0.294 e. The first-order valence-corrected chi connectivity index (χ1v) is 12.9. The van der Waals surface area contributed by atoms with Crippen molar-refractivity contribution in [3.63, 3.8) is 0 Å². The summed E-state index contributed by atoms with van der Waals surface area (Å²) in [4.78, 5) is -0.0267. The third-order valence-corrected chi connectivity index (χ3v) is 6.78. The standard InChI is InChI=1S/C24H42O3S/c1-4-6-7-8-9-10-11-15-22(13-5-2)16-12-14-21(3)23-17-19-24(20-18-23)28(25,26)27/h17-22H,4-16H2,1-3H3,(H,25,26,27). The number of hydrogen-bond donors (Lipinski definition) is 1. The van der Waals surface area contributed by atoms with E-state index in [0.717, 1.165) is 17.9 Å². The molecular formula is C24H42O3S. The van der Waals surface area contributed by atoms with E-state index in [-0.39, 0.29) is 4.90 Å². The van der Waals surface area contributed by atoms with Gasteiger partial charge in [-0.1, -0.05) is 110 Å². The van der Waals surface area contributed by atoms with Crippen LogP contribution in [0.2, 0.25) is 0 Å². The quantitative estimate of drug-likeness (QED) is 0.224. The number of unbranched alkanes of at least 4 members (excludes halogenated alkanes) is 6. The Bertz CT molecular complexity index is 607. The van der Waals surface area contributed by atoms with E-state index in [2.05, 4.69) is 20.8 Å². The minimum atomic E-state index is -4.10. The predicted octanol–water partition coefficient (Wildman–Crippen LogP) is 7.76. The Morgan fingerprint density at radius 1 is 0.750 bits per heavy atom. The maximum absolute atomic E-state index is 11.2. The summed E-state index contributed by atoms with van der Waals surface area (Å²) in [5.74, 6) is 1.27. The zero-order valence-corrected chi connectivity index (χ0v) is 19.1. The molecule has 3 nitrogen and oxygen atoms in total. The summed E-state index contributed by atoms with van der Waals surface area (Å²) in [7, 11) is -4.10. The summed E-state index contributed by atoms with van der Waals surface area (Å²) in [6.45, 7) is 6.76. The molecule has 2 unspecified atom stereocenters. The summed E-state index contributed by atoms with van der Waals surface area (Å²) in [5.41, 5.74) is 1.14. The van der Waals surface area contributed by atoms with Crippen LogP contribution in [0.1, 0.15) is 116 Å². The molecule has 1 aromatic carbocycles. The van der Waals surface area contributed by atoms with Crippen molar-refractivity contribution in [1.82, 2.24) is 0 Å². The van der Waals surface area contributed by atoms with E-state index >= 15 is 0 Å². The minimum Gasteiger partial charge on any atom is -0.282 e. The Kier molecular flexibility index (Phi) is 12.7. The molecule has 1 rings (SSSR count). The van der Waals surface area contributed by atoms with Gasteiger partial charge in [0.1, 0.15) is 0 Å². The van der Waals surface area contributed by atoms with Gasteiger partial charge in [0.15, 0.2) is 0 Å². The third-order valence-electron chi connectivity index (χ3n) is 5.91. The molecule has 0 heterocycles. The molecule has 0 saturated heterocycles. The Hall–Kier alpha value is -0.870. The SMILES string of the molecule is CCCCCCCCCC(CCC)CCCC(C)c1ccc(S(=O)(=O)O)cc1. The second-order valence-electron chi connectivity index (χ2n) is 8.44. The molecule has 0 aliphatic rings. The van der Waals surface area contributed by atoms with Crippen molar-refractivity contribution in [3.8, 4) is 0 Å². The van der Waals surface area contributed by atoms with Gasteiger partial charge in [0.2, 0.25) is 0 Å². The highest BCUT2D eigenvalue weighted by atomic mass is 32.2. The fourth-order valence-corrected chi connectivity index (χ4v) is 4.56. The van der Waals surface area contributed by atoms with E-state index in [1.807, 2.05) is 12.1 Å². The van der Waals surface area contributed by atoms with E-state index in [4.69, 9.17) is 4.55 Å². The second kappa shape index (κ2) is 14.2. The van der Waals surface area contributed by atoms with Crippen molar-refractivity contribution >= 4 is 10.1 Å². The van der Waals surface area contributed by atoms with Gasteiger partial charge in [-0.3, -0.25) is 4.55 Å². The highest BCUT2D eigenvalue weighted by Crippen LogP contribution is 2.27. The Morgan fingerprint density at radius 2 is 1.32 bits per heavy atom. The van der Waals surface area contributed by atoms with Crippen LogP contribution in [0.3, 0.4) is 0 Å². The molecule has 0 amide bonds. The lowest BCUT2D eigenvalue weighted by molar-refractivity contribution is 0.375. The van der Waals surface area contributed by atoms with Crippen LogP contribution in [0.25, 0.3) is 0 Å². The summed E-state index contributed by atoms with van der Waals surface area (Å²) >= 11 is 0. The molecule has 0 saturated carbocycles. The molecule has 0 fully saturated rings. The normalized spacial score (nSPS) is 14.1. The maximum atomic E-state index is 11.2. The van der Waals surface area contributed by atoms with Gasteiger partial charge in [0.25, 0.3) is 10.1 Å². The van der Waals surface area contributed by atoms with Crippen LogP contribution >= 0.6 is 0 Å². The molecule has 162 valence electrons. The van der Waals surface area contributed by atoms with Crippen LogP contribution in [0.15, 0.2) is 29.2 Å². The van der Waals surface area contributed by atoms with Crippen molar-refractivity contribution in [1.29, 1.82) is 0 Å². The molecule has 0 aliphatic heterocycles. The summed E-state index contributed by atoms with van der Waals surface area (Å²) in [6.07, 6.45) is 17.3. The average molecular weight is 411 g/mol. The molecule has 1 N–H and O–H groups in total. The Labute approximate surface area is 174 Å². The van der Waals surface area contributed by atoms with Gasteiger partial charge < -0.3 is 0 Å². The second-order valence-corrected chi connectivity index (χ2v) is 9.86. The molecule has 0 aromatic heterocycles. The first kappa shape index (κ1) is 25.2. The average Bonchev–Trinajstić information content (AvgIpc) is 2.66. The maximum Gasteiger partial charge on any atom is 0.294 e. The number of benzene rings is 1. The van der Waals surface area contributed by atoms with E-state index in [0.29, 0.717) is 5.92 Å². The smallest absolute Gasteiger partial charge is 0.282 e. The summed E-state index contributed by atoms with van der Waals surface area (Å²) in [5, 5.41) is 0. The topological polar surface area (TPSA) is 54.4 Å². The van der Waals surface area contributed by atoms with Crippen LogP contribution in [0.5, 0.6) is 0 Å². The first-order chi connectivity index (χ1) is 13.4. The van der Waals surface area contributed by atoms with Gasteiger partial charge in [-0.15, -0.1) is 0 Å². The lowest BCUT2D eigenvalue weighted by Crippen LogP contribution is -2.03. The van der Waals surface area contributed by atoms with Crippen molar-refractivity contribution in [3.05, 3.63) is 29.8 Å². The first-order valence-electron chi connectivity index (χ1n) is 11.5. The van der Waals surface area contributed by atoms with Gasteiger partial charge in [0, 0.05) is 0 Å². The predicted molar refractivity (Wildman–Crippen MR) is 120 cm³/mol. The van der Waals surface area contributed by atoms with Gasteiger partial charge in [0.05, 0.1) is 4.90 Å². The minimum absolute atomic E-state index is 0.0267. The third kappa shape index (κ3) is 10.6. The fourth-order valence-electron chi connectivity index (χ4n) is 4.08. The van der Waals surface area contributed by atoms with Crippen molar-refractivity contribution < 1.29 is 13.0 Å². The van der Waals surface area contributed by atoms with Crippen molar-refractivity contribution in [2.75, 3.05) is 0 Å². The van der Waals surface area contributed by atoms with Crippen LogP contribution in [0.4, 0.5) is 0 Å². The zero-order valence-electron chi connectivity index (χ0n) is 18.3. The van der Waals surface area contributed by atoms with Crippen molar-refractivity contribution in [2.24, 2.45) is 5.92 Å². The number of rotatable bonds is 16. The van der Waals surface area contributed by atoms with Gasteiger partial charge >= 0.3 is 0 Å². The van der Waals surface area contributed by atoms with E-state index in [1.165, 1.54) is 89.2 Å². The van der Waals surface area contributed by atoms with Crippen LogP contribution in [-0.2, 0) is 10.1 Å². The Balaban J connectivity index is 2.31. The number of hydrogen-bond acceptors (Lipinski definition) is 2. The summed E-state index contributed by atoms with van der Waals surface area (Å²) in [6, 6.07) is 6.66. The molecule has 28 heavy (non-hydrogen) atoms. The molecule has 0 bridgehead atoms. The van der Waals surface area contributed by atoms with E-state index < -0.39 is 10.1 Å². The molecular weight excluding hydrogens is 368 g/mol. The Morgan fingerprint density at radius 3 is 1.89 bits per heavy atom. The molecule has 0 aliphatic carbocycles. The lowest BCUT2D eigenvalue weighted by atomic mass is 9.88. The van der Waals surface area contributed by atoms with Crippen molar-refractivity contribution in [2.45, 2.75) is 115 Å². The molecule has 0 radical (unpaired) electrons. The van der Waals surface area contributed by atoms with Gasteiger partial charge in [-0.05, 0) is 36.0 Å². The van der Waals surface area contributed by atoms with Gasteiger partial charge in [-0.2, -0.15) is 8.42 Å². The molecule has 1 aromatic rings. The van der Waals surface area contributed by atoms with Crippen LogP contribution in [-0.4, -0.2) is 13.0 Å². The van der Waals surface area contributed by atoms with Gasteiger partial charge in [-0.25, -0.2) is 0 Å².